The van der Waals surface area contributed by atoms with E-state index in [-0.39, 0.29) is 18.0 Å². The number of carbonyl (C=O) groups excluding carboxylic acids is 1. The maximum Gasteiger partial charge on any atom is 0.237 e. The van der Waals surface area contributed by atoms with E-state index in [2.05, 4.69) is 22.8 Å². The molecule has 0 unspecified atom stereocenters. The topological polar surface area (TPSA) is 41.1 Å². The van der Waals surface area contributed by atoms with Crippen molar-refractivity contribution < 1.29 is 4.79 Å². The van der Waals surface area contributed by atoms with Crippen molar-refractivity contribution in [1.82, 2.24) is 10.6 Å². The number of hydrogen-bond donors (Lipinski definition) is 2. The van der Waals surface area contributed by atoms with Crippen molar-refractivity contribution in [3.63, 3.8) is 0 Å². The Morgan fingerprint density at radius 2 is 1.96 bits per heavy atom. The van der Waals surface area contributed by atoms with Gasteiger partial charge in [-0.1, -0.05) is 54.1 Å². The van der Waals surface area contributed by atoms with Crippen molar-refractivity contribution in [2.75, 3.05) is 0 Å². The van der Waals surface area contributed by atoms with Gasteiger partial charge < -0.3 is 5.32 Å². The first-order valence-corrected chi connectivity index (χ1v) is 8.35. The van der Waals surface area contributed by atoms with Crippen molar-refractivity contribution in [3.8, 4) is 0 Å². The van der Waals surface area contributed by atoms with E-state index in [0.29, 0.717) is 6.54 Å². The van der Waals surface area contributed by atoms with Gasteiger partial charge in [-0.15, -0.1) is 0 Å². The molecule has 1 fully saturated rings. The SMILES string of the molecule is Cc1c(Cl)cccc1CNC(=O)[C@H]1CC[C@H](c2ccccc2)N1. The molecule has 3 rings (SSSR count). The highest BCUT2D eigenvalue weighted by molar-refractivity contribution is 6.31. The molecule has 4 heteroatoms. The smallest absolute Gasteiger partial charge is 0.237 e. The standard InChI is InChI=1S/C19H21ClN2O/c1-13-15(8-5-9-16(13)20)12-21-19(23)18-11-10-17(22-18)14-6-3-2-4-7-14/h2-9,17-18,22H,10-12H2,1H3,(H,21,23)/t17-,18-/m1/s1. The van der Waals surface area contributed by atoms with Gasteiger partial charge in [0, 0.05) is 17.6 Å². The first-order chi connectivity index (χ1) is 11.1. The minimum absolute atomic E-state index is 0.0582. The number of amides is 1. The van der Waals surface area contributed by atoms with Crippen LogP contribution in [0, 0.1) is 6.92 Å². The molecule has 1 aliphatic heterocycles. The lowest BCUT2D eigenvalue weighted by atomic mass is 10.1. The molecular formula is C19H21ClN2O. The summed E-state index contributed by atoms with van der Waals surface area (Å²) >= 11 is 6.12. The van der Waals surface area contributed by atoms with Crippen molar-refractivity contribution in [1.29, 1.82) is 0 Å². The Morgan fingerprint density at radius 3 is 2.74 bits per heavy atom. The first-order valence-electron chi connectivity index (χ1n) is 7.98. The van der Waals surface area contributed by atoms with Gasteiger partial charge in [-0.25, -0.2) is 0 Å². The van der Waals surface area contributed by atoms with Gasteiger partial charge in [-0.05, 0) is 42.5 Å². The van der Waals surface area contributed by atoms with Crippen LogP contribution in [0.5, 0.6) is 0 Å². The molecule has 1 amide bonds. The van der Waals surface area contributed by atoms with Crippen LogP contribution in [0.3, 0.4) is 0 Å². The number of hydrogen-bond acceptors (Lipinski definition) is 2. The Balaban J connectivity index is 1.56. The second-order valence-electron chi connectivity index (χ2n) is 6.00. The molecule has 0 aromatic heterocycles. The van der Waals surface area contributed by atoms with Crippen LogP contribution in [0.4, 0.5) is 0 Å². The fourth-order valence-corrected chi connectivity index (χ4v) is 3.24. The van der Waals surface area contributed by atoms with E-state index in [9.17, 15) is 4.79 Å². The highest BCUT2D eigenvalue weighted by atomic mass is 35.5. The summed E-state index contributed by atoms with van der Waals surface area (Å²) in [5, 5.41) is 7.19. The van der Waals surface area contributed by atoms with E-state index in [4.69, 9.17) is 11.6 Å². The third kappa shape index (κ3) is 3.74. The zero-order valence-corrected chi connectivity index (χ0v) is 13.9. The van der Waals surface area contributed by atoms with Crippen molar-refractivity contribution in [3.05, 3.63) is 70.2 Å². The van der Waals surface area contributed by atoms with Crippen LogP contribution in [-0.2, 0) is 11.3 Å². The molecule has 3 nitrogen and oxygen atoms in total. The van der Waals surface area contributed by atoms with Gasteiger partial charge in [-0.2, -0.15) is 0 Å². The van der Waals surface area contributed by atoms with Gasteiger partial charge >= 0.3 is 0 Å². The first kappa shape index (κ1) is 16.0. The fraction of sp³-hybridized carbons (Fsp3) is 0.316. The van der Waals surface area contributed by atoms with Gasteiger partial charge in [0.15, 0.2) is 0 Å². The molecular weight excluding hydrogens is 308 g/mol. The third-order valence-corrected chi connectivity index (χ3v) is 4.91. The third-order valence-electron chi connectivity index (χ3n) is 4.50. The quantitative estimate of drug-likeness (QED) is 0.897. The largest absolute Gasteiger partial charge is 0.351 e. The summed E-state index contributed by atoms with van der Waals surface area (Å²) < 4.78 is 0. The Labute approximate surface area is 142 Å². The van der Waals surface area contributed by atoms with E-state index >= 15 is 0 Å². The summed E-state index contributed by atoms with van der Waals surface area (Å²) in [5.41, 5.74) is 3.33. The van der Waals surface area contributed by atoms with Gasteiger partial charge in [0.05, 0.1) is 6.04 Å². The molecule has 0 radical (unpaired) electrons. The predicted molar refractivity (Wildman–Crippen MR) is 93.4 cm³/mol. The van der Waals surface area contributed by atoms with Crippen molar-refractivity contribution in [2.24, 2.45) is 0 Å². The number of carbonyl (C=O) groups is 1. The normalized spacial score (nSPS) is 20.4. The molecule has 2 aromatic rings. The van der Waals surface area contributed by atoms with Gasteiger partial charge in [0.25, 0.3) is 0 Å². The number of nitrogens with one attached hydrogen (secondary N) is 2. The van der Waals surface area contributed by atoms with E-state index in [1.807, 2.05) is 43.3 Å². The average Bonchev–Trinajstić information content (AvgIpc) is 3.07. The molecule has 0 bridgehead atoms. The molecule has 23 heavy (non-hydrogen) atoms. The molecule has 0 saturated carbocycles. The average molecular weight is 329 g/mol. The van der Waals surface area contributed by atoms with E-state index in [1.165, 1.54) is 5.56 Å². The van der Waals surface area contributed by atoms with Crippen LogP contribution < -0.4 is 10.6 Å². The Kier molecular flexibility index (Phi) is 4.99. The van der Waals surface area contributed by atoms with E-state index in [0.717, 1.165) is 29.0 Å². The lowest BCUT2D eigenvalue weighted by molar-refractivity contribution is -0.123. The Bertz CT molecular complexity index is 687. The van der Waals surface area contributed by atoms with E-state index < -0.39 is 0 Å². The molecule has 1 heterocycles. The lowest BCUT2D eigenvalue weighted by Crippen LogP contribution is -2.40. The van der Waals surface area contributed by atoms with Gasteiger partial charge in [0.2, 0.25) is 5.91 Å². The molecule has 2 aromatic carbocycles. The summed E-state index contributed by atoms with van der Waals surface area (Å²) in [7, 11) is 0. The summed E-state index contributed by atoms with van der Waals surface area (Å²) in [5.74, 6) is 0.0582. The second kappa shape index (κ2) is 7.16. The van der Waals surface area contributed by atoms with Crippen LogP contribution in [0.15, 0.2) is 48.5 Å². The Morgan fingerprint density at radius 1 is 1.17 bits per heavy atom. The monoisotopic (exact) mass is 328 g/mol. The molecule has 2 N–H and O–H groups in total. The summed E-state index contributed by atoms with van der Waals surface area (Å²) in [6, 6.07) is 16.2. The number of rotatable bonds is 4. The summed E-state index contributed by atoms with van der Waals surface area (Å²) in [6.45, 7) is 2.49. The lowest BCUT2D eigenvalue weighted by Gasteiger charge is -2.15. The second-order valence-corrected chi connectivity index (χ2v) is 6.41. The number of halogens is 1. The van der Waals surface area contributed by atoms with Crippen LogP contribution in [0.2, 0.25) is 5.02 Å². The zero-order valence-electron chi connectivity index (χ0n) is 13.2. The molecule has 2 atom stereocenters. The van der Waals surface area contributed by atoms with Gasteiger partial charge in [0.1, 0.15) is 0 Å². The summed E-state index contributed by atoms with van der Waals surface area (Å²) in [6.07, 6.45) is 1.85. The highest BCUT2D eigenvalue weighted by Crippen LogP contribution is 2.26. The van der Waals surface area contributed by atoms with Crippen LogP contribution >= 0.6 is 11.6 Å². The van der Waals surface area contributed by atoms with Crippen LogP contribution in [0.25, 0.3) is 0 Å². The predicted octanol–water partition coefficient (Wildman–Crippen LogP) is 3.76. The van der Waals surface area contributed by atoms with Crippen molar-refractivity contribution in [2.45, 2.75) is 38.4 Å². The molecule has 1 saturated heterocycles. The maximum absolute atomic E-state index is 12.4. The molecule has 1 aliphatic rings. The number of benzene rings is 2. The molecule has 0 spiro atoms. The minimum atomic E-state index is -0.125. The Hall–Kier alpha value is -1.84. The van der Waals surface area contributed by atoms with Crippen molar-refractivity contribution >= 4 is 17.5 Å². The molecule has 0 aliphatic carbocycles. The van der Waals surface area contributed by atoms with Crippen LogP contribution in [-0.4, -0.2) is 11.9 Å². The van der Waals surface area contributed by atoms with Gasteiger partial charge in [-0.3, -0.25) is 10.1 Å². The zero-order chi connectivity index (χ0) is 16.2. The molecule has 120 valence electrons. The fourth-order valence-electron chi connectivity index (χ4n) is 3.05. The maximum atomic E-state index is 12.4. The highest BCUT2D eigenvalue weighted by Gasteiger charge is 2.29. The van der Waals surface area contributed by atoms with E-state index in [1.54, 1.807) is 0 Å². The van der Waals surface area contributed by atoms with Crippen LogP contribution in [0.1, 0.15) is 35.6 Å². The summed E-state index contributed by atoms with van der Waals surface area (Å²) in [4.78, 5) is 12.4. The minimum Gasteiger partial charge on any atom is -0.351 e.